The normalized spacial score (nSPS) is 13.7. The van der Waals surface area contributed by atoms with E-state index in [1.807, 2.05) is 35.2 Å². The minimum absolute atomic E-state index is 0.0244. The van der Waals surface area contributed by atoms with Crippen LogP contribution in [0.5, 0.6) is 0 Å². The van der Waals surface area contributed by atoms with Gasteiger partial charge in [-0.05, 0) is 37.5 Å². The Morgan fingerprint density at radius 3 is 2.41 bits per heavy atom. The van der Waals surface area contributed by atoms with E-state index in [0.717, 1.165) is 29.7 Å². The van der Waals surface area contributed by atoms with Gasteiger partial charge in [0.25, 0.3) is 0 Å². The molecule has 2 aromatic rings. The van der Waals surface area contributed by atoms with Crippen LogP contribution >= 0.6 is 11.3 Å². The highest BCUT2D eigenvalue weighted by Crippen LogP contribution is 2.28. The highest BCUT2D eigenvalue weighted by molar-refractivity contribution is 7.11. The second kappa shape index (κ2) is 10.6. The molecule has 6 heteroatoms. The fraction of sp³-hybridized carbons (Fsp3) is 0.478. The maximum Gasteiger partial charge on any atom is 0.242 e. The number of carbonyl (C=O) groups excluding carboxylic acids is 2. The van der Waals surface area contributed by atoms with Gasteiger partial charge < -0.3 is 14.5 Å². The number of methoxy groups -OCH3 is 1. The number of carbonyl (C=O) groups is 2. The highest BCUT2D eigenvalue weighted by atomic mass is 32.1. The fourth-order valence-corrected chi connectivity index (χ4v) is 4.35. The third kappa shape index (κ3) is 6.15. The number of ether oxygens (including phenoxy) is 1. The van der Waals surface area contributed by atoms with Gasteiger partial charge in [0.05, 0.1) is 19.7 Å². The Morgan fingerprint density at radius 1 is 1.07 bits per heavy atom. The molecule has 1 saturated carbocycles. The van der Waals surface area contributed by atoms with Crippen LogP contribution in [0.15, 0.2) is 42.5 Å². The summed E-state index contributed by atoms with van der Waals surface area (Å²) >= 11 is 1.71. The van der Waals surface area contributed by atoms with Crippen LogP contribution in [0, 0.1) is 12.8 Å². The van der Waals surface area contributed by atoms with E-state index in [-0.39, 0.29) is 24.3 Å². The Balaban J connectivity index is 1.72. The third-order valence-electron chi connectivity index (χ3n) is 5.37. The van der Waals surface area contributed by atoms with E-state index in [2.05, 4.69) is 19.1 Å². The van der Waals surface area contributed by atoms with Crippen molar-refractivity contribution in [2.24, 2.45) is 5.92 Å². The van der Waals surface area contributed by atoms with Crippen molar-refractivity contribution in [3.05, 3.63) is 57.8 Å². The summed E-state index contributed by atoms with van der Waals surface area (Å²) in [6.45, 7) is 4.16. The van der Waals surface area contributed by atoms with Crippen molar-refractivity contribution in [1.29, 1.82) is 0 Å². The molecule has 0 radical (unpaired) electrons. The first-order chi connectivity index (χ1) is 14.1. The van der Waals surface area contributed by atoms with Crippen LogP contribution in [0.3, 0.4) is 0 Å². The molecule has 1 heterocycles. The molecule has 0 spiro atoms. The molecule has 156 valence electrons. The van der Waals surface area contributed by atoms with Gasteiger partial charge in [-0.25, -0.2) is 0 Å². The summed E-state index contributed by atoms with van der Waals surface area (Å²) < 4.78 is 5.17. The molecule has 0 atom stereocenters. The summed E-state index contributed by atoms with van der Waals surface area (Å²) in [5, 5.41) is 0. The molecule has 0 saturated heterocycles. The van der Waals surface area contributed by atoms with Crippen molar-refractivity contribution in [1.82, 2.24) is 9.80 Å². The molecule has 0 unspecified atom stereocenters. The molecule has 0 bridgehead atoms. The lowest BCUT2D eigenvalue weighted by molar-refractivity contribution is -0.145. The number of amides is 2. The predicted octanol–water partition coefficient (Wildman–Crippen LogP) is 3.86. The van der Waals surface area contributed by atoms with Crippen molar-refractivity contribution in [2.45, 2.75) is 39.3 Å². The highest BCUT2D eigenvalue weighted by Gasteiger charge is 2.31. The number of hydrogen-bond donors (Lipinski definition) is 0. The second-order valence-electron chi connectivity index (χ2n) is 7.63. The molecule has 0 N–H and O–H groups in total. The van der Waals surface area contributed by atoms with E-state index in [0.29, 0.717) is 26.2 Å². The zero-order chi connectivity index (χ0) is 20.6. The standard InChI is InChI=1S/C23H30N2O3S/c1-18-11-12-21(29-18)16-25(15-19-7-4-3-5-8-19)22(26)17-24(13-14-28-2)23(27)20-9-6-10-20/h3-5,7-8,11-12,20H,6,9-10,13-17H2,1-2H3. The molecule has 29 heavy (non-hydrogen) atoms. The van der Waals surface area contributed by atoms with Crippen LogP contribution in [-0.4, -0.2) is 48.4 Å². The predicted molar refractivity (Wildman–Crippen MR) is 116 cm³/mol. The molecule has 1 aromatic carbocycles. The Bertz CT molecular complexity index is 801. The maximum absolute atomic E-state index is 13.3. The Morgan fingerprint density at radius 2 is 1.83 bits per heavy atom. The smallest absolute Gasteiger partial charge is 0.242 e. The Labute approximate surface area is 177 Å². The first kappa shape index (κ1) is 21.5. The third-order valence-corrected chi connectivity index (χ3v) is 6.35. The second-order valence-corrected chi connectivity index (χ2v) is 9.00. The summed E-state index contributed by atoms with van der Waals surface area (Å²) in [7, 11) is 1.62. The number of rotatable bonds is 10. The summed E-state index contributed by atoms with van der Waals surface area (Å²) in [6.07, 6.45) is 2.96. The molecule has 2 amide bonds. The molecule has 1 aromatic heterocycles. The summed E-state index contributed by atoms with van der Waals surface area (Å²) in [4.78, 5) is 32.0. The van der Waals surface area contributed by atoms with Gasteiger partial charge in [0, 0.05) is 35.9 Å². The molecule has 3 rings (SSSR count). The van der Waals surface area contributed by atoms with E-state index in [1.165, 1.54) is 4.88 Å². The number of nitrogens with zero attached hydrogens (tertiary/aromatic N) is 2. The van der Waals surface area contributed by atoms with E-state index in [1.54, 1.807) is 23.3 Å². The van der Waals surface area contributed by atoms with Gasteiger partial charge in [0.2, 0.25) is 11.8 Å². The van der Waals surface area contributed by atoms with Crippen molar-refractivity contribution >= 4 is 23.2 Å². The first-order valence-electron chi connectivity index (χ1n) is 10.2. The van der Waals surface area contributed by atoms with E-state index in [4.69, 9.17) is 4.74 Å². The fourth-order valence-electron chi connectivity index (χ4n) is 3.44. The molecule has 1 fully saturated rings. The largest absolute Gasteiger partial charge is 0.383 e. The van der Waals surface area contributed by atoms with Gasteiger partial charge in [-0.15, -0.1) is 11.3 Å². The molecule has 0 aliphatic heterocycles. The Kier molecular flexibility index (Phi) is 7.83. The number of hydrogen-bond acceptors (Lipinski definition) is 4. The monoisotopic (exact) mass is 414 g/mol. The van der Waals surface area contributed by atoms with E-state index < -0.39 is 0 Å². The van der Waals surface area contributed by atoms with Gasteiger partial charge in [0.1, 0.15) is 0 Å². The van der Waals surface area contributed by atoms with E-state index >= 15 is 0 Å². The van der Waals surface area contributed by atoms with Crippen molar-refractivity contribution in [3.8, 4) is 0 Å². The summed E-state index contributed by atoms with van der Waals surface area (Å²) in [6, 6.07) is 14.2. The molecule has 1 aliphatic rings. The quantitative estimate of drug-likeness (QED) is 0.593. The molecule has 1 aliphatic carbocycles. The number of thiophene rings is 1. The van der Waals surface area contributed by atoms with Gasteiger partial charge >= 0.3 is 0 Å². The topological polar surface area (TPSA) is 49.9 Å². The summed E-state index contributed by atoms with van der Waals surface area (Å²) in [5.41, 5.74) is 1.09. The first-order valence-corrected chi connectivity index (χ1v) is 11.0. The zero-order valence-corrected chi connectivity index (χ0v) is 18.1. The summed E-state index contributed by atoms with van der Waals surface area (Å²) in [5.74, 6) is 0.138. The minimum Gasteiger partial charge on any atom is -0.383 e. The van der Waals surface area contributed by atoms with Crippen LogP contribution in [0.2, 0.25) is 0 Å². The SMILES string of the molecule is COCCN(CC(=O)N(Cc1ccccc1)Cc1ccc(C)s1)C(=O)C1CCC1. The van der Waals surface area contributed by atoms with Gasteiger partial charge in [-0.1, -0.05) is 36.8 Å². The average molecular weight is 415 g/mol. The Hall–Kier alpha value is -2.18. The van der Waals surface area contributed by atoms with Crippen LogP contribution in [0.25, 0.3) is 0 Å². The minimum atomic E-state index is -0.0244. The zero-order valence-electron chi connectivity index (χ0n) is 17.3. The lowest BCUT2D eigenvalue weighted by atomic mass is 9.84. The number of aryl methyl sites for hydroxylation is 1. The van der Waals surface area contributed by atoms with Crippen LogP contribution in [-0.2, 0) is 27.4 Å². The van der Waals surface area contributed by atoms with Crippen LogP contribution in [0.4, 0.5) is 0 Å². The van der Waals surface area contributed by atoms with Gasteiger partial charge in [-0.3, -0.25) is 9.59 Å². The lowest BCUT2D eigenvalue weighted by Crippen LogP contribution is -2.46. The lowest BCUT2D eigenvalue weighted by Gasteiger charge is -2.33. The maximum atomic E-state index is 13.3. The molecular weight excluding hydrogens is 384 g/mol. The van der Waals surface area contributed by atoms with Crippen molar-refractivity contribution in [3.63, 3.8) is 0 Å². The average Bonchev–Trinajstić information content (AvgIpc) is 3.08. The molecule has 5 nitrogen and oxygen atoms in total. The van der Waals surface area contributed by atoms with E-state index in [9.17, 15) is 9.59 Å². The van der Waals surface area contributed by atoms with Gasteiger partial charge in [-0.2, -0.15) is 0 Å². The number of benzene rings is 1. The molecular formula is C23H30N2O3S. The van der Waals surface area contributed by atoms with Gasteiger partial charge in [0.15, 0.2) is 0 Å². The van der Waals surface area contributed by atoms with Crippen LogP contribution in [0.1, 0.15) is 34.6 Å². The van der Waals surface area contributed by atoms with Crippen molar-refractivity contribution < 1.29 is 14.3 Å². The van der Waals surface area contributed by atoms with Crippen LogP contribution < -0.4 is 0 Å². The van der Waals surface area contributed by atoms with Crippen molar-refractivity contribution in [2.75, 3.05) is 26.8 Å².